The van der Waals surface area contributed by atoms with Crippen LogP contribution in [0.2, 0.25) is 0 Å². The molecule has 0 spiro atoms. The summed E-state index contributed by atoms with van der Waals surface area (Å²) in [6, 6.07) is 7.96. The Bertz CT molecular complexity index is 492. The smallest absolute Gasteiger partial charge is 0.321 e. The van der Waals surface area contributed by atoms with E-state index in [0.29, 0.717) is 13.1 Å². The van der Waals surface area contributed by atoms with Gasteiger partial charge in [0.1, 0.15) is 0 Å². The summed E-state index contributed by atoms with van der Waals surface area (Å²) in [7, 11) is 3.98. The second-order valence-electron chi connectivity index (χ2n) is 6.14. The molecule has 6 heteroatoms. The zero-order valence-electron chi connectivity index (χ0n) is 14.3. The Balaban J connectivity index is 1.85. The van der Waals surface area contributed by atoms with Crippen LogP contribution in [-0.4, -0.2) is 73.9 Å². The number of amides is 2. The van der Waals surface area contributed by atoms with E-state index in [4.69, 9.17) is 0 Å². The summed E-state index contributed by atoms with van der Waals surface area (Å²) >= 11 is 0. The molecule has 2 N–H and O–H groups in total. The van der Waals surface area contributed by atoms with E-state index in [1.54, 1.807) is 0 Å². The summed E-state index contributed by atoms with van der Waals surface area (Å²) in [6.07, 6.45) is 0.931. The van der Waals surface area contributed by atoms with Crippen LogP contribution in [0.4, 0.5) is 16.2 Å². The third-order valence-electron chi connectivity index (χ3n) is 4.43. The first-order valence-corrected chi connectivity index (χ1v) is 8.23. The minimum Gasteiger partial charge on any atom is -0.395 e. The van der Waals surface area contributed by atoms with Gasteiger partial charge in [-0.3, -0.25) is 4.90 Å². The second-order valence-corrected chi connectivity index (χ2v) is 6.14. The molecule has 1 aromatic carbocycles. The van der Waals surface area contributed by atoms with Gasteiger partial charge in [0.15, 0.2) is 0 Å². The van der Waals surface area contributed by atoms with Gasteiger partial charge in [0.05, 0.1) is 6.61 Å². The highest BCUT2D eigenvalue weighted by atomic mass is 16.3. The third-order valence-corrected chi connectivity index (χ3v) is 4.43. The summed E-state index contributed by atoms with van der Waals surface area (Å²) in [5, 5.41) is 12.3. The summed E-state index contributed by atoms with van der Waals surface area (Å²) in [5.74, 6) is 0. The number of nitrogens with one attached hydrogen (secondary N) is 1. The van der Waals surface area contributed by atoms with Crippen molar-refractivity contribution < 1.29 is 9.90 Å². The molecule has 2 rings (SSSR count). The molecule has 6 nitrogen and oxygen atoms in total. The average Bonchev–Trinajstić information content (AvgIpc) is 2.57. The highest BCUT2D eigenvalue weighted by Gasteiger charge is 2.24. The lowest BCUT2D eigenvalue weighted by molar-refractivity contribution is 0.0766. The molecular weight excluding hydrogens is 292 g/mol. The van der Waals surface area contributed by atoms with Crippen molar-refractivity contribution in [1.29, 1.82) is 0 Å². The number of aliphatic hydroxyl groups excluding tert-OH is 1. The molecule has 0 radical (unpaired) electrons. The predicted octanol–water partition coefficient (Wildman–Crippen LogP) is 1.67. The molecule has 23 heavy (non-hydrogen) atoms. The lowest BCUT2D eigenvalue weighted by Crippen LogP contribution is -2.53. The fourth-order valence-corrected chi connectivity index (χ4v) is 2.84. The molecule has 0 aliphatic carbocycles. The van der Waals surface area contributed by atoms with Gasteiger partial charge in [-0.15, -0.1) is 0 Å². The summed E-state index contributed by atoms with van der Waals surface area (Å²) in [4.78, 5) is 18.5. The number of nitrogens with zero attached hydrogens (tertiary/aromatic N) is 3. The third kappa shape index (κ3) is 4.59. The van der Waals surface area contributed by atoms with Crippen molar-refractivity contribution in [2.75, 3.05) is 57.1 Å². The minimum atomic E-state index is -0.0562. The fraction of sp³-hybridized carbons (Fsp3) is 0.588. The first-order valence-electron chi connectivity index (χ1n) is 8.23. The van der Waals surface area contributed by atoms with Gasteiger partial charge in [-0.2, -0.15) is 0 Å². The van der Waals surface area contributed by atoms with Crippen LogP contribution in [0.3, 0.4) is 0 Å². The first kappa shape index (κ1) is 17.6. The van der Waals surface area contributed by atoms with Gasteiger partial charge in [0, 0.05) is 57.7 Å². The van der Waals surface area contributed by atoms with E-state index >= 15 is 0 Å². The highest BCUT2D eigenvalue weighted by molar-refractivity contribution is 5.89. The van der Waals surface area contributed by atoms with Crippen LogP contribution in [0.1, 0.15) is 13.3 Å². The van der Waals surface area contributed by atoms with E-state index < -0.39 is 0 Å². The monoisotopic (exact) mass is 320 g/mol. The van der Waals surface area contributed by atoms with Crippen molar-refractivity contribution >= 4 is 17.4 Å². The fourth-order valence-electron chi connectivity index (χ4n) is 2.84. The number of benzene rings is 1. The Morgan fingerprint density at radius 2 is 1.83 bits per heavy atom. The molecule has 1 aromatic rings. The summed E-state index contributed by atoms with van der Waals surface area (Å²) < 4.78 is 0. The zero-order valence-corrected chi connectivity index (χ0v) is 14.3. The maximum atomic E-state index is 12.3. The maximum absolute atomic E-state index is 12.3. The second kappa shape index (κ2) is 8.17. The molecule has 1 aliphatic heterocycles. The van der Waals surface area contributed by atoms with Crippen molar-refractivity contribution in [3.8, 4) is 0 Å². The molecule has 1 unspecified atom stereocenters. The van der Waals surface area contributed by atoms with E-state index in [9.17, 15) is 9.90 Å². The number of rotatable bonds is 5. The van der Waals surface area contributed by atoms with E-state index in [2.05, 4.69) is 17.1 Å². The van der Waals surface area contributed by atoms with E-state index in [1.165, 1.54) is 0 Å². The van der Waals surface area contributed by atoms with E-state index in [1.807, 2.05) is 48.2 Å². The SMILES string of the molecule is CCC(CO)N1CCN(C(=O)Nc2ccc(N(C)C)cc2)CC1. The van der Waals surface area contributed by atoms with Crippen LogP contribution in [0, 0.1) is 0 Å². The Morgan fingerprint density at radius 1 is 1.22 bits per heavy atom. The molecule has 0 saturated carbocycles. The number of carbonyl (C=O) groups is 1. The molecule has 1 fully saturated rings. The number of aliphatic hydroxyl groups is 1. The molecule has 1 aliphatic rings. The van der Waals surface area contributed by atoms with Gasteiger partial charge in [-0.05, 0) is 30.7 Å². The lowest BCUT2D eigenvalue weighted by Gasteiger charge is -2.38. The van der Waals surface area contributed by atoms with Crippen molar-refractivity contribution in [1.82, 2.24) is 9.80 Å². The van der Waals surface area contributed by atoms with Gasteiger partial charge in [0.25, 0.3) is 0 Å². The molecule has 1 saturated heterocycles. The predicted molar refractivity (Wildman–Crippen MR) is 94.1 cm³/mol. The molecule has 1 heterocycles. The number of urea groups is 1. The normalized spacial score (nSPS) is 17.0. The molecule has 0 bridgehead atoms. The molecular formula is C17H28N4O2. The van der Waals surface area contributed by atoms with Crippen LogP contribution < -0.4 is 10.2 Å². The van der Waals surface area contributed by atoms with Crippen LogP contribution in [-0.2, 0) is 0 Å². The summed E-state index contributed by atoms with van der Waals surface area (Å²) in [5.41, 5.74) is 1.91. The van der Waals surface area contributed by atoms with Gasteiger partial charge >= 0.3 is 6.03 Å². The van der Waals surface area contributed by atoms with Crippen LogP contribution in [0.15, 0.2) is 24.3 Å². The Kier molecular flexibility index (Phi) is 6.24. The molecule has 0 aromatic heterocycles. The molecule has 1 atom stereocenters. The number of anilines is 2. The number of piperazine rings is 1. The van der Waals surface area contributed by atoms with Crippen molar-refractivity contribution in [2.24, 2.45) is 0 Å². The molecule has 128 valence electrons. The summed E-state index contributed by atoms with van der Waals surface area (Å²) in [6.45, 7) is 5.27. The van der Waals surface area contributed by atoms with Crippen LogP contribution in [0.5, 0.6) is 0 Å². The maximum Gasteiger partial charge on any atom is 0.321 e. The average molecular weight is 320 g/mol. The highest BCUT2D eigenvalue weighted by Crippen LogP contribution is 2.16. The van der Waals surface area contributed by atoms with Gasteiger partial charge in [-0.1, -0.05) is 6.92 Å². The van der Waals surface area contributed by atoms with Crippen molar-refractivity contribution in [3.63, 3.8) is 0 Å². The number of hydrogen-bond acceptors (Lipinski definition) is 4. The first-order chi connectivity index (χ1) is 11.0. The van der Waals surface area contributed by atoms with Crippen molar-refractivity contribution in [3.05, 3.63) is 24.3 Å². The molecule has 2 amide bonds. The standard InChI is InChI=1S/C17H28N4O2/c1-4-15(13-22)20-9-11-21(12-10-20)17(23)18-14-5-7-16(8-6-14)19(2)3/h5-8,15,22H,4,9-13H2,1-3H3,(H,18,23). The Labute approximate surface area is 138 Å². The number of carbonyl (C=O) groups excluding carboxylic acids is 1. The Hall–Kier alpha value is -1.79. The van der Waals surface area contributed by atoms with Crippen LogP contribution in [0.25, 0.3) is 0 Å². The largest absolute Gasteiger partial charge is 0.395 e. The number of hydrogen-bond donors (Lipinski definition) is 2. The minimum absolute atomic E-state index is 0.0562. The van der Waals surface area contributed by atoms with Gasteiger partial charge in [-0.25, -0.2) is 4.79 Å². The van der Waals surface area contributed by atoms with Crippen LogP contribution >= 0.6 is 0 Å². The van der Waals surface area contributed by atoms with E-state index in [-0.39, 0.29) is 18.7 Å². The quantitative estimate of drug-likeness (QED) is 0.866. The lowest BCUT2D eigenvalue weighted by atomic mass is 10.2. The van der Waals surface area contributed by atoms with E-state index in [0.717, 1.165) is 30.9 Å². The van der Waals surface area contributed by atoms with Crippen molar-refractivity contribution in [2.45, 2.75) is 19.4 Å². The topological polar surface area (TPSA) is 59.1 Å². The van der Waals surface area contributed by atoms with Gasteiger partial charge < -0.3 is 20.2 Å². The Morgan fingerprint density at radius 3 is 2.30 bits per heavy atom. The zero-order chi connectivity index (χ0) is 16.8. The van der Waals surface area contributed by atoms with Gasteiger partial charge in [0.2, 0.25) is 0 Å².